The molecule has 0 unspecified atom stereocenters. The summed E-state index contributed by atoms with van der Waals surface area (Å²) in [5.41, 5.74) is 0.995. The lowest BCUT2D eigenvalue weighted by molar-refractivity contribution is 0.193. The van der Waals surface area contributed by atoms with E-state index in [0.717, 1.165) is 23.4 Å². The summed E-state index contributed by atoms with van der Waals surface area (Å²) in [5, 5.41) is 1.16. The topological polar surface area (TPSA) is 25.4 Å². The Balaban J connectivity index is 1.71. The smallest absolute Gasteiger partial charge is 0.213 e. The standard InChI is InChI=1S/C15H18N2O/c1-17-10-4-6-13(17)11-18-15-9-8-12-5-2-3-7-14(12)16-15/h2-3,5,7-9,13H,4,6,10-11H2,1H3/t13-/m0/s1. The maximum atomic E-state index is 5.82. The third-order valence-corrected chi connectivity index (χ3v) is 3.67. The normalized spacial score (nSPS) is 20.4. The van der Waals surface area contributed by atoms with E-state index in [9.17, 15) is 0 Å². The Kier molecular flexibility index (Phi) is 3.15. The molecule has 0 bridgehead atoms. The molecule has 0 saturated carbocycles. The molecule has 0 spiro atoms. The molecule has 1 saturated heterocycles. The number of benzene rings is 1. The molecule has 0 aliphatic carbocycles. The van der Waals surface area contributed by atoms with E-state index in [1.54, 1.807) is 0 Å². The molecular weight excluding hydrogens is 224 g/mol. The van der Waals surface area contributed by atoms with E-state index in [4.69, 9.17) is 4.74 Å². The van der Waals surface area contributed by atoms with Crippen LogP contribution >= 0.6 is 0 Å². The highest BCUT2D eigenvalue weighted by molar-refractivity contribution is 5.78. The van der Waals surface area contributed by atoms with Crippen molar-refractivity contribution in [2.24, 2.45) is 0 Å². The molecule has 0 amide bonds. The van der Waals surface area contributed by atoms with Gasteiger partial charge in [0.2, 0.25) is 5.88 Å². The van der Waals surface area contributed by atoms with Crippen molar-refractivity contribution in [1.82, 2.24) is 9.88 Å². The fourth-order valence-corrected chi connectivity index (χ4v) is 2.50. The molecule has 3 heteroatoms. The van der Waals surface area contributed by atoms with Gasteiger partial charge in [-0.15, -0.1) is 0 Å². The lowest BCUT2D eigenvalue weighted by Gasteiger charge is -2.19. The van der Waals surface area contributed by atoms with E-state index in [2.05, 4.69) is 29.1 Å². The summed E-state index contributed by atoms with van der Waals surface area (Å²) in [6, 6.07) is 12.7. The number of para-hydroxylation sites is 1. The van der Waals surface area contributed by atoms with Gasteiger partial charge in [0.15, 0.2) is 0 Å². The van der Waals surface area contributed by atoms with Crippen molar-refractivity contribution in [1.29, 1.82) is 0 Å². The van der Waals surface area contributed by atoms with Crippen LogP contribution in [0.4, 0.5) is 0 Å². The van der Waals surface area contributed by atoms with Crippen molar-refractivity contribution in [3.8, 4) is 5.88 Å². The Labute approximate surface area is 107 Å². The molecule has 18 heavy (non-hydrogen) atoms. The first-order chi connectivity index (χ1) is 8.83. The van der Waals surface area contributed by atoms with Gasteiger partial charge >= 0.3 is 0 Å². The average molecular weight is 242 g/mol. The molecule has 3 nitrogen and oxygen atoms in total. The fraction of sp³-hybridized carbons (Fsp3) is 0.400. The SMILES string of the molecule is CN1CCC[C@H]1COc1ccc2ccccc2n1. The zero-order valence-corrected chi connectivity index (χ0v) is 10.7. The van der Waals surface area contributed by atoms with Gasteiger partial charge in [-0.2, -0.15) is 0 Å². The molecule has 2 aromatic rings. The maximum absolute atomic E-state index is 5.82. The highest BCUT2D eigenvalue weighted by atomic mass is 16.5. The summed E-state index contributed by atoms with van der Waals surface area (Å²) in [7, 11) is 2.16. The number of hydrogen-bond donors (Lipinski definition) is 0. The largest absolute Gasteiger partial charge is 0.476 e. The van der Waals surface area contributed by atoms with Gasteiger partial charge in [0.05, 0.1) is 5.52 Å². The first-order valence-electron chi connectivity index (χ1n) is 6.52. The van der Waals surface area contributed by atoms with E-state index in [1.807, 2.05) is 24.3 Å². The quantitative estimate of drug-likeness (QED) is 0.827. The molecule has 0 radical (unpaired) electrons. The zero-order valence-electron chi connectivity index (χ0n) is 10.7. The second-order valence-electron chi connectivity index (χ2n) is 4.93. The number of pyridine rings is 1. The van der Waals surface area contributed by atoms with Crippen LogP contribution in [0.1, 0.15) is 12.8 Å². The van der Waals surface area contributed by atoms with Gasteiger partial charge in [0.25, 0.3) is 0 Å². The Morgan fingerprint density at radius 2 is 2.17 bits per heavy atom. The molecule has 1 aromatic carbocycles. The Bertz CT molecular complexity index is 541. The number of aromatic nitrogens is 1. The molecule has 2 heterocycles. The summed E-state index contributed by atoms with van der Waals surface area (Å²) < 4.78 is 5.82. The Hall–Kier alpha value is -1.61. The molecule has 3 rings (SSSR count). The van der Waals surface area contributed by atoms with Crippen LogP contribution < -0.4 is 4.74 Å². The van der Waals surface area contributed by atoms with Crippen molar-refractivity contribution in [2.75, 3.05) is 20.2 Å². The van der Waals surface area contributed by atoms with Gasteiger partial charge < -0.3 is 9.64 Å². The molecular formula is C15H18N2O. The van der Waals surface area contributed by atoms with Gasteiger partial charge in [-0.1, -0.05) is 18.2 Å². The van der Waals surface area contributed by atoms with Crippen LogP contribution in [-0.2, 0) is 0 Å². The molecule has 1 fully saturated rings. The molecule has 94 valence electrons. The number of rotatable bonds is 3. The lowest BCUT2D eigenvalue weighted by atomic mass is 10.2. The van der Waals surface area contributed by atoms with E-state index in [0.29, 0.717) is 6.04 Å². The van der Waals surface area contributed by atoms with Gasteiger partial charge in [-0.3, -0.25) is 0 Å². The maximum Gasteiger partial charge on any atom is 0.213 e. The van der Waals surface area contributed by atoms with Crippen LogP contribution in [-0.4, -0.2) is 36.1 Å². The summed E-state index contributed by atoms with van der Waals surface area (Å²) in [4.78, 5) is 6.88. The highest BCUT2D eigenvalue weighted by Gasteiger charge is 2.21. The second-order valence-corrected chi connectivity index (χ2v) is 4.93. The average Bonchev–Trinajstić information content (AvgIpc) is 2.82. The number of hydrogen-bond acceptors (Lipinski definition) is 3. The summed E-state index contributed by atoms with van der Waals surface area (Å²) >= 11 is 0. The lowest BCUT2D eigenvalue weighted by Crippen LogP contribution is -2.30. The van der Waals surface area contributed by atoms with Gasteiger partial charge in [0.1, 0.15) is 6.61 Å². The number of ether oxygens (including phenoxy) is 1. The predicted molar refractivity (Wildman–Crippen MR) is 72.9 cm³/mol. The zero-order chi connectivity index (χ0) is 12.4. The molecule has 1 aromatic heterocycles. The van der Waals surface area contributed by atoms with Crippen LogP contribution in [0.3, 0.4) is 0 Å². The van der Waals surface area contributed by atoms with Gasteiger partial charge in [-0.05, 0) is 38.6 Å². The highest BCUT2D eigenvalue weighted by Crippen LogP contribution is 2.19. The fourth-order valence-electron chi connectivity index (χ4n) is 2.50. The van der Waals surface area contributed by atoms with Crippen LogP contribution in [0.25, 0.3) is 10.9 Å². The van der Waals surface area contributed by atoms with E-state index in [1.165, 1.54) is 19.4 Å². The minimum Gasteiger partial charge on any atom is -0.476 e. The van der Waals surface area contributed by atoms with E-state index < -0.39 is 0 Å². The van der Waals surface area contributed by atoms with Crippen molar-refractivity contribution in [2.45, 2.75) is 18.9 Å². The minimum atomic E-state index is 0.540. The first-order valence-corrected chi connectivity index (χ1v) is 6.52. The first kappa shape index (κ1) is 11.5. The van der Waals surface area contributed by atoms with Gasteiger partial charge in [0, 0.05) is 17.5 Å². The molecule has 1 atom stereocenters. The third-order valence-electron chi connectivity index (χ3n) is 3.67. The van der Waals surface area contributed by atoms with Crippen LogP contribution in [0.2, 0.25) is 0 Å². The number of likely N-dealkylation sites (N-methyl/N-ethyl adjacent to an activating group) is 1. The van der Waals surface area contributed by atoms with Gasteiger partial charge in [-0.25, -0.2) is 4.98 Å². The van der Waals surface area contributed by atoms with Crippen LogP contribution in [0.5, 0.6) is 5.88 Å². The number of nitrogens with zero attached hydrogens (tertiary/aromatic N) is 2. The molecule has 1 aliphatic rings. The Morgan fingerprint density at radius 1 is 1.28 bits per heavy atom. The van der Waals surface area contributed by atoms with Crippen LogP contribution in [0, 0.1) is 0 Å². The van der Waals surface area contributed by atoms with Crippen LogP contribution in [0.15, 0.2) is 36.4 Å². The second kappa shape index (κ2) is 4.94. The van der Waals surface area contributed by atoms with E-state index >= 15 is 0 Å². The number of fused-ring (bicyclic) bond motifs is 1. The van der Waals surface area contributed by atoms with Crippen molar-refractivity contribution < 1.29 is 4.74 Å². The predicted octanol–water partition coefficient (Wildman–Crippen LogP) is 2.71. The summed E-state index contributed by atoms with van der Waals surface area (Å²) in [6.07, 6.45) is 2.50. The summed E-state index contributed by atoms with van der Waals surface area (Å²) in [6.45, 7) is 1.92. The third kappa shape index (κ3) is 2.31. The molecule has 0 N–H and O–H groups in total. The Morgan fingerprint density at radius 3 is 3.00 bits per heavy atom. The van der Waals surface area contributed by atoms with Crippen molar-refractivity contribution in [3.05, 3.63) is 36.4 Å². The van der Waals surface area contributed by atoms with E-state index in [-0.39, 0.29) is 0 Å². The monoisotopic (exact) mass is 242 g/mol. The van der Waals surface area contributed by atoms with Crippen molar-refractivity contribution in [3.63, 3.8) is 0 Å². The van der Waals surface area contributed by atoms with Crippen molar-refractivity contribution >= 4 is 10.9 Å². The molecule has 1 aliphatic heterocycles. The minimum absolute atomic E-state index is 0.540. The summed E-state index contributed by atoms with van der Waals surface area (Å²) in [5.74, 6) is 0.731. The number of likely N-dealkylation sites (tertiary alicyclic amines) is 1.